The van der Waals surface area contributed by atoms with Gasteiger partial charge in [-0.05, 0) is 31.0 Å². The number of benzene rings is 1. The van der Waals surface area contributed by atoms with Crippen LogP contribution in [0.3, 0.4) is 0 Å². The number of hydrogen-bond acceptors (Lipinski definition) is 5. The summed E-state index contributed by atoms with van der Waals surface area (Å²) in [6, 6.07) is 4.15. The van der Waals surface area contributed by atoms with Crippen molar-refractivity contribution in [3.05, 3.63) is 35.4 Å². The van der Waals surface area contributed by atoms with Crippen LogP contribution in [-0.2, 0) is 24.4 Å². The summed E-state index contributed by atoms with van der Waals surface area (Å²) < 4.78 is 25.7. The average molecular weight is 440 g/mol. The van der Waals surface area contributed by atoms with E-state index in [-0.39, 0.29) is 52.2 Å². The first-order valence-electron chi connectivity index (χ1n) is 9.15. The SMILES string of the molecule is CN(C)S(=O)(=O)c1cc(NC(=O)CCN2C(=O)[C@H]3CC=CC[C@@H]3C2=O)ccc1Cl. The van der Waals surface area contributed by atoms with Crippen LogP contribution in [0, 0.1) is 11.8 Å². The molecule has 2 aliphatic rings. The highest BCUT2D eigenvalue weighted by Gasteiger charge is 2.46. The van der Waals surface area contributed by atoms with E-state index >= 15 is 0 Å². The molecule has 1 aliphatic carbocycles. The van der Waals surface area contributed by atoms with Crippen molar-refractivity contribution in [1.82, 2.24) is 9.21 Å². The number of imide groups is 1. The van der Waals surface area contributed by atoms with Gasteiger partial charge in [0.15, 0.2) is 0 Å². The number of halogens is 1. The van der Waals surface area contributed by atoms with E-state index in [2.05, 4.69) is 5.32 Å². The minimum absolute atomic E-state index is 0.00700. The van der Waals surface area contributed by atoms with Crippen LogP contribution in [0.15, 0.2) is 35.2 Å². The van der Waals surface area contributed by atoms with E-state index in [1.165, 1.54) is 32.3 Å². The zero-order valence-corrected chi connectivity index (χ0v) is 17.7. The molecule has 1 aliphatic heterocycles. The average Bonchev–Trinajstić information content (AvgIpc) is 2.92. The second-order valence-corrected chi connectivity index (χ2v) is 9.74. The van der Waals surface area contributed by atoms with Crippen molar-refractivity contribution in [2.45, 2.75) is 24.2 Å². The third-order valence-electron chi connectivity index (χ3n) is 5.13. The molecule has 0 unspecified atom stereocenters. The smallest absolute Gasteiger partial charge is 0.244 e. The van der Waals surface area contributed by atoms with E-state index in [1.807, 2.05) is 12.2 Å². The molecule has 1 fully saturated rings. The molecule has 29 heavy (non-hydrogen) atoms. The zero-order valence-electron chi connectivity index (χ0n) is 16.1. The number of rotatable bonds is 6. The molecule has 0 radical (unpaired) electrons. The van der Waals surface area contributed by atoms with E-state index in [4.69, 9.17) is 11.6 Å². The van der Waals surface area contributed by atoms with Crippen molar-refractivity contribution in [1.29, 1.82) is 0 Å². The Bertz CT molecular complexity index is 964. The fourth-order valence-electron chi connectivity index (χ4n) is 3.50. The van der Waals surface area contributed by atoms with Gasteiger partial charge in [0.1, 0.15) is 4.90 Å². The summed E-state index contributed by atoms with van der Waals surface area (Å²) in [6.07, 6.45) is 4.82. The highest BCUT2D eigenvalue weighted by Crippen LogP contribution is 2.35. The van der Waals surface area contributed by atoms with Crippen LogP contribution >= 0.6 is 11.6 Å². The zero-order chi connectivity index (χ0) is 21.3. The lowest BCUT2D eigenvalue weighted by Crippen LogP contribution is -2.34. The first-order valence-corrected chi connectivity index (χ1v) is 11.0. The van der Waals surface area contributed by atoms with Crippen molar-refractivity contribution >= 4 is 45.0 Å². The van der Waals surface area contributed by atoms with Crippen LogP contribution < -0.4 is 5.32 Å². The van der Waals surface area contributed by atoms with E-state index in [9.17, 15) is 22.8 Å². The first-order chi connectivity index (χ1) is 13.6. The number of allylic oxidation sites excluding steroid dienone is 2. The maximum absolute atomic E-state index is 12.4. The lowest BCUT2D eigenvalue weighted by atomic mass is 9.85. The molecule has 0 spiro atoms. The number of sulfonamides is 1. The summed E-state index contributed by atoms with van der Waals surface area (Å²) in [4.78, 5) is 38.2. The molecular weight excluding hydrogens is 418 g/mol. The molecule has 0 saturated carbocycles. The Morgan fingerprint density at radius 3 is 2.31 bits per heavy atom. The van der Waals surface area contributed by atoms with Crippen LogP contribution in [0.1, 0.15) is 19.3 Å². The van der Waals surface area contributed by atoms with E-state index in [0.717, 1.165) is 9.21 Å². The highest BCUT2D eigenvalue weighted by molar-refractivity contribution is 7.89. The maximum atomic E-state index is 12.4. The minimum atomic E-state index is -3.77. The van der Waals surface area contributed by atoms with Crippen LogP contribution in [0.25, 0.3) is 0 Å². The second-order valence-electron chi connectivity index (χ2n) is 7.21. The molecule has 0 bridgehead atoms. The fraction of sp³-hybridized carbons (Fsp3) is 0.421. The molecule has 1 aromatic carbocycles. The van der Waals surface area contributed by atoms with Gasteiger partial charge in [-0.15, -0.1) is 0 Å². The topological polar surface area (TPSA) is 104 Å². The first kappa shape index (κ1) is 21.5. The number of anilines is 1. The lowest BCUT2D eigenvalue weighted by Gasteiger charge is -2.16. The molecule has 1 heterocycles. The molecule has 3 rings (SSSR count). The summed E-state index contributed by atoms with van der Waals surface area (Å²) in [7, 11) is -1.01. The van der Waals surface area contributed by atoms with E-state index < -0.39 is 15.9 Å². The van der Waals surface area contributed by atoms with Gasteiger partial charge < -0.3 is 5.32 Å². The van der Waals surface area contributed by atoms with Crippen molar-refractivity contribution < 1.29 is 22.8 Å². The normalized spacial score (nSPS) is 21.6. The fourth-order valence-corrected chi connectivity index (χ4v) is 4.90. The highest BCUT2D eigenvalue weighted by atomic mass is 35.5. The largest absolute Gasteiger partial charge is 0.326 e. The van der Waals surface area contributed by atoms with Crippen LogP contribution in [-0.4, -0.2) is 56.0 Å². The number of hydrogen-bond donors (Lipinski definition) is 1. The molecule has 1 N–H and O–H groups in total. The molecule has 156 valence electrons. The summed E-state index contributed by atoms with van der Waals surface area (Å²) >= 11 is 6.00. The second kappa shape index (κ2) is 8.25. The van der Waals surface area contributed by atoms with Crippen molar-refractivity contribution in [2.24, 2.45) is 11.8 Å². The number of likely N-dealkylation sites (tertiary alicyclic amines) is 1. The molecule has 0 aromatic heterocycles. The Labute approximate surface area is 174 Å². The Kier molecular flexibility index (Phi) is 6.11. The Morgan fingerprint density at radius 1 is 1.17 bits per heavy atom. The Balaban J connectivity index is 1.65. The maximum Gasteiger partial charge on any atom is 0.244 e. The van der Waals surface area contributed by atoms with Gasteiger partial charge in [0.05, 0.1) is 16.9 Å². The van der Waals surface area contributed by atoms with E-state index in [1.54, 1.807) is 0 Å². The predicted octanol–water partition coefficient (Wildman–Crippen LogP) is 1.87. The third-order valence-corrected chi connectivity index (χ3v) is 7.43. The summed E-state index contributed by atoms with van der Waals surface area (Å²) in [5.41, 5.74) is 0.261. The summed E-state index contributed by atoms with van der Waals surface area (Å²) in [5, 5.41) is 2.64. The molecule has 1 saturated heterocycles. The Morgan fingerprint density at radius 2 is 1.76 bits per heavy atom. The molecule has 8 nitrogen and oxygen atoms in total. The van der Waals surface area contributed by atoms with Gasteiger partial charge in [-0.2, -0.15) is 0 Å². The predicted molar refractivity (Wildman–Crippen MR) is 108 cm³/mol. The van der Waals surface area contributed by atoms with E-state index in [0.29, 0.717) is 12.8 Å². The van der Waals surface area contributed by atoms with Crippen LogP contribution in [0.2, 0.25) is 5.02 Å². The van der Waals surface area contributed by atoms with Crippen LogP contribution in [0.4, 0.5) is 5.69 Å². The lowest BCUT2D eigenvalue weighted by molar-refractivity contribution is -0.140. The van der Waals surface area contributed by atoms with Gasteiger partial charge in [0.2, 0.25) is 27.7 Å². The monoisotopic (exact) mass is 439 g/mol. The standard InChI is InChI=1S/C19H22ClN3O5S/c1-22(2)29(27,28)16-11-12(7-8-15(16)20)21-17(24)9-10-23-18(25)13-5-3-4-6-14(13)19(23)26/h3-4,7-8,11,13-14H,5-6,9-10H2,1-2H3,(H,21,24)/t13-,14-/m0/s1. The number of carbonyl (C=O) groups excluding carboxylic acids is 3. The summed E-state index contributed by atoms with van der Waals surface area (Å²) in [6.45, 7) is -0.00700. The molecule has 1 aromatic rings. The van der Waals surface area contributed by atoms with Gasteiger partial charge in [-0.1, -0.05) is 23.8 Å². The molecule has 2 atom stereocenters. The van der Waals surface area contributed by atoms with Gasteiger partial charge in [-0.3, -0.25) is 19.3 Å². The van der Waals surface area contributed by atoms with Crippen molar-refractivity contribution in [3.8, 4) is 0 Å². The number of fused-ring (bicyclic) bond motifs is 1. The molecular formula is C19H22ClN3O5S. The molecule has 10 heteroatoms. The van der Waals surface area contributed by atoms with Gasteiger partial charge >= 0.3 is 0 Å². The van der Waals surface area contributed by atoms with Crippen molar-refractivity contribution in [3.63, 3.8) is 0 Å². The Hall–Kier alpha value is -2.23. The van der Waals surface area contributed by atoms with Crippen molar-refractivity contribution in [2.75, 3.05) is 26.0 Å². The quantitative estimate of drug-likeness (QED) is 0.538. The molecule has 3 amide bonds. The minimum Gasteiger partial charge on any atom is -0.326 e. The number of nitrogens with one attached hydrogen (secondary N) is 1. The van der Waals surface area contributed by atoms with Gasteiger partial charge in [0.25, 0.3) is 0 Å². The third kappa shape index (κ3) is 4.22. The number of amides is 3. The van der Waals surface area contributed by atoms with Crippen LogP contribution in [0.5, 0.6) is 0 Å². The summed E-state index contributed by atoms with van der Waals surface area (Å²) in [5.74, 6) is -1.56. The van der Waals surface area contributed by atoms with Gasteiger partial charge in [-0.25, -0.2) is 12.7 Å². The van der Waals surface area contributed by atoms with Gasteiger partial charge in [0, 0.05) is 32.7 Å². The number of carbonyl (C=O) groups is 3. The number of nitrogens with zero attached hydrogens (tertiary/aromatic N) is 2.